The van der Waals surface area contributed by atoms with E-state index in [0.29, 0.717) is 0 Å². The van der Waals surface area contributed by atoms with Crippen LogP contribution in [-0.4, -0.2) is 27.6 Å². The van der Waals surface area contributed by atoms with Gasteiger partial charge in [-0.2, -0.15) is 5.10 Å². The minimum Gasteiger partial charge on any atom is -0.399 e. The van der Waals surface area contributed by atoms with E-state index in [2.05, 4.69) is 15.2 Å². The first-order chi connectivity index (χ1) is 7.81. The van der Waals surface area contributed by atoms with E-state index >= 15 is 0 Å². The molecule has 0 bridgehead atoms. The van der Waals surface area contributed by atoms with Crippen LogP contribution in [0.3, 0.4) is 0 Å². The summed E-state index contributed by atoms with van der Waals surface area (Å²) in [7, 11) is 1.53. The van der Waals surface area contributed by atoms with E-state index < -0.39 is 0 Å². The molecule has 0 spiro atoms. The number of nitrogens with zero attached hydrogens (tertiary/aromatic N) is 4. The molecule has 0 aliphatic heterocycles. The van der Waals surface area contributed by atoms with E-state index in [-0.39, 0.29) is 0 Å². The Morgan fingerprint density at radius 1 is 1.31 bits per heavy atom. The lowest BCUT2D eigenvalue weighted by atomic mass is 10.1. The van der Waals surface area contributed by atoms with Crippen LogP contribution >= 0.6 is 0 Å². The quantitative estimate of drug-likeness (QED) is 0.579. The lowest BCUT2D eigenvalue weighted by molar-refractivity contribution is 0.213. The lowest BCUT2D eigenvalue weighted by Crippen LogP contribution is -1.98. The molecule has 0 aliphatic carbocycles. The monoisotopic (exact) mass is 216 g/mol. The van der Waals surface area contributed by atoms with E-state index in [1.54, 1.807) is 11.0 Å². The zero-order valence-corrected chi connectivity index (χ0v) is 9.16. The third-order valence-electron chi connectivity index (χ3n) is 2.20. The van der Waals surface area contributed by atoms with Gasteiger partial charge < -0.3 is 4.84 Å². The fourth-order valence-corrected chi connectivity index (χ4v) is 1.39. The van der Waals surface area contributed by atoms with Crippen LogP contribution in [0.25, 0.3) is 5.69 Å². The summed E-state index contributed by atoms with van der Waals surface area (Å²) in [6, 6.07) is 7.85. The molecule has 2 aromatic rings. The topological polar surface area (TPSA) is 52.3 Å². The Hall–Kier alpha value is -2.17. The van der Waals surface area contributed by atoms with Crippen molar-refractivity contribution in [2.45, 2.75) is 6.92 Å². The summed E-state index contributed by atoms with van der Waals surface area (Å²) in [5.74, 6) is 0. The summed E-state index contributed by atoms with van der Waals surface area (Å²) in [6.07, 6.45) is 3.16. The first-order valence-corrected chi connectivity index (χ1v) is 4.84. The maximum absolute atomic E-state index is 4.72. The average Bonchev–Trinajstić information content (AvgIpc) is 2.83. The van der Waals surface area contributed by atoms with Gasteiger partial charge in [0.2, 0.25) is 0 Å². The van der Waals surface area contributed by atoms with E-state index in [1.165, 1.54) is 13.4 Å². The van der Waals surface area contributed by atoms with Gasteiger partial charge in [-0.3, -0.25) is 0 Å². The van der Waals surface area contributed by atoms with Crippen LogP contribution in [0.1, 0.15) is 12.5 Å². The summed E-state index contributed by atoms with van der Waals surface area (Å²) in [5, 5.41) is 7.92. The Balaban J connectivity index is 2.26. The van der Waals surface area contributed by atoms with Crippen molar-refractivity contribution in [1.82, 2.24) is 14.8 Å². The fourth-order valence-electron chi connectivity index (χ4n) is 1.39. The number of aromatic nitrogens is 3. The zero-order valence-electron chi connectivity index (χ0n) is 9.16. The third kappa shape index (κ3) is 2.08. The second-order valence-electron chi connectivity index (χ2n) is 3.25. The van der Waals surface area contributed by atoms with Crippen molar-refractivity contribution in [2.24, 2.45) is 5.16 Å². The Morgan fingerprint density at radius 2 is 2.06 bits per heavy atom. The van der Waals surface area contributed by atoms with Gasteiger partial charge in [0.1, 0.15) is 19.8 Å². The molecule has 0 radical (unpaired) electrons. The van der Waals surface area contributed by atoms with Crippen LogP contribution < -0.4 is 0 Å². The van der Waals surface area contributed by atoms with E-state index in [4.69, 9.17) is 4.84 Å². The van der Waals surface area contributed by atoms with Crippen LogP contribution in [0.5, 0.6) is 0 Å². The lowest BCUT2D eigenvalue weighted by Gasteiger charge is -2.02. The summed E-state index contributed by atoms with van der Waals surface area (Å²) in [6.45, 7) is 1.90. The maximum Gasteiger partial charge on any atom is 0.138 e. The Morgan fingerprint density at radius 3 is 2.62 bits per heavy atom. The molecule has 2 rings (SSSR count). The van der Waals surface area contributed by atoms with Gasteiger partial charge in [0, 0.05) is 0 Å². The molecule has 16 heavy (non-hydrogen) atoms. The number of benzene rings is 1. The predicted octanol–water partition coefficient (Wildman–Crippen LogP) is 1.64. The highest BCUT2D eigenvalue weighted by atomic mass is 16.6. The molecule has 0 fully saturated rings. The van der Waals surface area contributed by atoms with Crippen LogP contribution in [0, 0.1) is 0 Å². The van der Waals surface area contributed by atoms with Crippen molar-refractivity contribution in [3.63, 3.8) is 0 Å². The summed E-state index contributed by atoms with van der Waals surface area (Å²) < 4.78 is 1.70. The van der Waals surface area contributed by atoms with Gasteiger partial charge in [0.25, 0.3) is 0 Å². The standard InChI is InChI=1S/C11H12N4O/c1-9(14-16-2)10-3-5-11(6-4-10)15-8-12-7-13-15/h3-8H,1-2H3/b14-9+. The summed E-state index contributed by atoms with van der Waals surface area (Å²) >= 11 is 0. The smallest absolute Gasteiger partial charge is 0.138 e. The Kier molecular flexibility index (Phi) is 2.95. The van der Waals surface area contributed by atoms with Crippen LogP contribution in [-0.2, 0) is 4.84 Å². The van der Waals surface area contributed by atoms with E-state index in [1.807, 2.05) is 31.2 Å². The Bertz CT molecular complexity index is 473. The van der Waals surface area contributed by atoms with Crippen molar-refractivity contribution < 1.29 is 4.84 Å². The van der Waals surface area contributed by atoms with Gasteiger partial charge in [0.15, 0.2) is 0 Å². The largest absolute Gasteiger partial charge is 0.399 e. The minimum absolute atomic E-state index is 0.840. The summed E-state index contributed by atoms with van der Waals surface area (Å²) in [4.78, 5) is 8.61. The molecule has 0 saturated carbocycles. The molecule has 1 aromatic carbocycles. The van der Waals surface area contributed by atoms with Crippen molar-refractivity contribution >= 4 is 5.71 Å². The highest BCUT2D eigenvalue weighted by Gasteiger charge is 2.00. The highest BCUT2D eigenvalue weighted by Crippen LogP contribution is 2.09. The first kappa shape index (κ1) is 10.4. The molecule has 1 aromatic heterocycles. The van der Waals surface area contributed by atoms with E-state index in [9.17, 15) is 0 Å². The molecule has 0 amide bonds. The van der Waals surface area contributed by atoms with Gasteiger partial charge in [-0.05, 0) is 24.6 Å². The number of hydrogen-bond donors (Lipinski definition) is 0. The summed E-state index contributed by atoms with van der Waals surface area (Å²) in [5.41, 5.74) is 2.82. The third-order valence-corrected chi connectivity index (χ3v) is 2.20. The molecule has 5 heteroatoms. The number of hydrogen-bond acceptors (Lipinski definition) is 4. The van der Waals surface area contributed by atoms with Crippen molar-refractivity contribution in [2.75, 3.05) is 7.11 Å². The van der Waals surface area contributed by atoms with Gasteiger partial charge >= 0.3 is 0 Å². The highest BCUT2D eigenvalue weighted by molar-refractivity contribution is 5.98. The van der Waals surface area contributed by atoms with Gasteiger partial charge in [0.05, 0.1) is 11.4 Å². The Labute approximate surface area is 93.4 Å². The second-order valence-corrected chi connectivity index (χ2v) is 3.25. The van der Waals surface area contributed by atoms with Gasteiger partial charge in [-0.25, -0.2) is 9.67 Å². The minimum atomic E-state index is 0.840. The fraction of sp³-hybridized carbons (Fsp3) is 0.182. The number of oxime groups is 1. The molecule has 1 heterocycles. The molecule has 0 aliphatic rings. The predicted molar refractivity (Wildman–Crippen MR) is 60.6 cm³/mol. The molecule has 0 N–H and O–H groups in total. The molecule has 0 saturated heterocycles. The molecule has 82 valence electrons. The van der Waals surface area contributed by atoms with Gasteiger partial charge in [-0.15, -0.1) is 0 Å². The van der Waals surface area contributed by atoms with Crippen LogP contribution in [0.2, 0.25) is 0 Å². The average molecular weight is 216 g/mol. The normalized spacial score (nSPS) is 11.5. The molecular formula is C11H12N4O. The van der Waals surface area contributed by atoms with Crippen molar-refractivity contribution in [3.05, 3.63) is 42.5 Å². The van der Waals surface area contributed by atoms with Crippen molar-refractivity contribution in [1.29, 1.82) is 0 Å². The second kappa shape index (κ2) is 4.57. The van der Waals surface area contributed by atoms with Crippen molar-refractivity contribution in [3.8, 4) is 5.69 Å². The van der Waals surface area contributed by atoms with Crippen LogP contribution in [0.4, 0.5) is 0 Å². The molecule has 5 nitrogen and oxygen atoms in total. The molecule has 0 unspecified atom stereocenters. The molecular weight excluding hydrogens is 204 g/mol. The zero-order chi connectivity index (χ0) is 11.4. The maximum atomic E-state index is 4.72. The molecule has 0 atom stereocenters. The van der Waals surface area contributed by atoms with Gasteiger partial charge in [-0.1, -0.05) is 17.3 Å². The van der Waals surface area contributed by atoms with E-state index in [0.717, 1.165) is 17.0 Å². The number of rotatable bonds is 3. The first-order valence-electron chi connectivity index (χ1n) is 4.84. The van der Waals surface area contributed by atoms with Crippen LogP contribution in [0.15, 0.2) is 42.1 Å². The SMILES string of the molecule is CO/N=C(\C)c1ccc(-n2cncn2)cc1.